The van der Waals surface area contributed by atoms with Crippen LogP contribution in [0, 0.1) is 11.6 Å². The molecule has 0 bridgehead atoms. The van der Waals surface area contributed by atoms with E-state index in [-0.39, 0.29) is 34.9 Å². The first-order valence-corrected chi connectivity index (χ1v) is 11.0. The van der Waals surface area contributed by atoms with Gasteiger partial charge in [-0.1, -0.05) is 12.1 Å². The summed E-state index contributed by atoms with van der Waals surface area (Å²) in [5.41, 5.74) is 1.29. The van der Waals surface area contributed by atoms with Crippen LogP contribution in [0.15, 0.2) is 52.4 Å². The van der Waals surface area contributed by atoms with Gasteiger partial charge < -0.3 is 15.5 Å². The molecule has 2 aromatic carbocycles. The molecule has 0 aromatic heterocycles. The highest BCUT2D eigenvalue weighted by molar-refractivity contribution is 14.0. The Labute approximate surface area is 198 Å². The van der Waals surface area contributed by atoms with Crippen molar-refractivity contribution in [3.63, 3.8) is 0 Å². The van der Waals surface area contributed by atoms with Gasteiger partial charge in [0.05, 0.1) is 10.6 Å². The summed E-state index contributed by atoms with van der Waals surface area (Å²) in [6.07, 6.45) is 0.786. The van der Waals surface area contributed by atoms with Crippen LogP contribution in [0.3, 0.4) is 0 Å². The van der Waals surface area contributed by atoms with Crippen LogP contribution in [-0.4, -0.2) is 47.6 Å². The Morgan fingerprint density at radius 2 is 1.90 bits per heavy atom. The fourth-order valence-electron chi connectivity index (χ4n) is 3.31. The zero-order chi connectivity index (χ0) is 21.7. The molecule has 3 rings (SSSR count). The topological polar surface area (TPSA) is 85.8 Å². The average molecular weight is 565 g/mol. The standard InChI is InChI=1S/C20H25F2N5O2S.HI/c1-23-20(25-12-14-3-6-17(7-4-14)30(28,29)24-2)26-16-9-10-27(13-16)19-8-5-15(21)11-18(19)22;/h3-8,11,16,24H,9-10,12-13H2,1-2H3,(H2,23,25,26);1H. The van der Waals surface area contributed by atoms with E-state index in [0.717, 1.165) is 18.1 Å². The number of nitrogens with zero attached hydrogens (tertiary/aromatic N) is 2. The van der Waals surface area contributed by atoms with Crippen molar-refractivity contribution in [1.82, 2.24) is 15.4 Å². The fraction of sp³-hybridized carbons (Fsp3) is 0.350. The quantitative estimate of drug-likeness (QED) is 0.285. The van der Waals surface area contributed by atoms with Crippen molar-refractivity contribution in [2.24, 2.45) is 4.99 Å². The Morgan fingerprint density at radius 1 is 1.19 bits per heavy atom. The monoisotopic (exact) mass is 565 g/mol. The third-order valence-corrected chi connectivity index (χ3v) is 6.40. The highest BCUT2D eigenvalue weighted by Gasteiger charge is 2.25. The molecular formula is C20H26F2IN5O2S. The average Bonchev–Trinajstić information content (AvgIpc) is 3.19. The molecule has 1 aliphatic rings. The molecule has 1 saturated heterocycles. The number of hydrogen-bond donors (Lipinski definition) is 3. The Kier molecular flexibility index (Phi) is 9.01. The number of sulfonamides is 1. The Balaban J connectivity index is 0.00000341. The Bertz CT molecular complexity index is 1020. The zero-order valence-corrected chi connectivity index (χ0v) is 20.4. The maximum Gasteiger partial charge on any atom is 0.240 e. The molecule has 3 N–H and O–H groups in total. The van der Waals surface area contributed by atoms with E-state index in [2.05, 4.69) is 20.3 Å². The number of halogens is 3. The number of guanidine groups is 1. The third-order valence-electron chi connectivity index (χ3n) is 4.97. The number of nitrogens with one attached hydrogen (secondary N) is 3. The molecule has 0 aliphatic carbocycles. The number of rotatable bonds is 6. The second-order valence-corrected chi connectivity index (χ2v) is 8.84. The highest BCUT2D eigenvalue weighted by Crippen LogP contribution is 2.24. The first-order valence-electron chi connectivity index (χ1n) is 9.52. The van der Waals surface area contributed by atoms with Crippen molar-refractivity contribution in [3.05, 3.63) is 59.7 Å². The van der Waals surface area contributed by atoms with Gasteiger partial charge in [-0.05, 0) is 43.3 Å². The molecule has 11 heteroatoms. The Hall–Kier alpha value is -1.99. The van der Waals surface area contributed by atoms with E-state index >= 15 is 0 Å². The maximum absolute atomic E-state index is 14.0. The van der Waals surface area contributed by atoms with Crippen LogP contribution in [0.2, 0.25) is 0 Å². The number of anilines is 1. The second-order valence-electron chi connectivity index (χ2n) is 6.95. The van der Waals surface area contributed by atoms with Crippen LogP contribution in [-0.2, 0) is 16.6 Å². The van der Waals surface area contributed by atoms with Gasteiger partial charge in [0.25, 0.3) is 0 Å². The smallest absolute Gasteiger partial charge is 0.240 e. The lowest BCUT2D eigenvalue weighted by Crippen LogP contribution is -2.44. The number of hydrogen-bond acceptors (Lipinski definition) is 4. The van der Waals surface area contributed by atoms with Crippen LogP contribution in [0.4, 0.5) is 14.5 Å². The molecule has 0 spiro atoms. The zero-order valence-electron chi connectivity index (χ0n) is 17.2. The summed E-state index contributed by atoms with van der Waals surface area (Å²) in [6, 6.07) is 10.2. The summed E-state index contributed by atoms with van der Waals surface area (Å²) in [5.74, 6) is -0.568. The second kappa shape index (κ2) is 11.0. The minimum atomic E-state index is -3.46. The largest absolute Gasteiger partial charge is 0.367 e. The van der Waals surface area contributed by atoms with E-state index in [4.69, 9.17) is 0 Å². The van der Waals surface area contributed by atoms with Crippen molar-refractivity contribution < 1.29 is 17.2 Å². The molecule has 0 amide bonds. The van der Waals surface area contributed by atoms with Gasteiger partial charge in [0.15, 0.2) is 5.96 Å². The summed E-state index contributed by atoms with van der Waals surface area (Å²) < 4.78 is 53.0. The molecule has 1 fully saturated rings. The number of benzene rings is 2. The van der Waals surface area contributed by atoms with Crippen LogP contribution in [0.1, 0.15) is 12.0 Å². The van der Waals surface area contributed by atoms with Crippen LogP contribution in [0.25, 0.3) is 0 Å². The normalized spacial score (nSPS) is 16.7. The fourth-order valence-corrected chi connectivity index (χ4v) is 4.04. The van der Waals surface area contributed by atoms with Crippen LogP contribution >= 0.6 is 24.0 Å². The van der Waals surface area contributed by atoms with Crippen molar-refractivity contribution in [2.75, 3.05) is 32.1 Å². The summed E-state index contributed by atoms with van der Waals surface area (Å²) >= 11 is 0. The van der Waals surface area contributed by atoms with E-state index in [1.54, 1.807) is 31.3 Å². The molecule has 0 saturated carbocycles. The molecule has 170 valence electrons. The molecule has 0 radical (unpaired) electrons. The highest BCUT2D eigenvalue weighted by atomic mass is 127. The number of aliphatic imine (C=N–C) groups is 1. The minimum absolute atomic E-state index is 0. The minimum Gasteiger partial charge on any atom is -0.367 e. The molecule has 2 aromatic rings. The summed E-state index contributed by atoms with van der Waals surface area (Å²) in [6.45, 7) is 1.68. The van der Waals surface area contributed by atoms with Gasteiger partial charge in [-0.2, -0.15) is 0 Å². The first kappa shape index (κ1) is 25.3. The van der Waals surface area contributed by atoms with Crippen LogP contribution < -0.4 is 20.3 Å². The van der Waals surface area contributed by atoms with Crippen molar-refractivity contribution in [1.29, 1.82) is 0 Å². The lowest BCUT2D eigenvalue weighted by molar-refractivity contribution is 0.580. The van der Waals surface area contributed by atoms with E-state index in [0.29, 0.717) is 31.3 Å². The predicted octanol–water partition coefficient (Wildman–Crippen LogP) is 2.43. The van der Waals surface area contributed by atoms with E-state index < -0.39 is 21.7 Å². The summed E-state index contributed by atoms with van der Waals surface area (Å²) in [5, 5.41) is 6.50. The van der Waals surface area contributed by atoms with Gasteiger partial charge in [-0.3, -0.25) is 4.99 Å². The van der Waals surface area contributed by atoms with Gasteiger partial charge in [0, 0.05) is 38.8 Å². The molecular weight excluding hydrogens is 539 g/mol. The summed E-state index contributed by atoms with van der Waals surface area (Å²) in [4.78, 5) is 6.29. The SMILES string of the molecule is CN=C(NCc1ccc(S(=O)(=O)NC)cc1)NC1CCN(c2ccc(F)cc2F)C1.I. The van der Waals surface area contributed by atoms with Crippen molar-refractivity contribution in [2.45, 2.75) is 23.9 Å². The van der Waals surface area contributed by atoms with Crippen LogP contribution in [0.5, 0.6) is 0 Å². The predicted molar refractivity (Wildman–Crippen MR) is 128 cm³/mol. The van der Waals surface area contributed by atoms with Gasteiger partial charge in [-0.15, -0.1) is 24.0 Å². The molecule has 1 atom stereocenters. The maximum atomic E-state index is 14.0. The van der Waals surface area contributed by atoms with Gasteiger partial charge in [0.2, 0.25) is 10.0 Å². The molecule has 31 heavy (non-hydrogen) atoms. The van der Waals surface area contributed by atoms with Gasteiger partial charge in [0.1, 0.15) is 11.6 Å². The molecule has 1 aliphatic heterocycles. The Morgan fingerprint density at radius 3 is 2.52 bits per heavy atom. The van der Waals surface area contributed by atoms with E-state index in [9.17, 15) is 17.2 Å². The lowest BCUT2D eigenvalue weighted by Gasteiger charge is -2.21. The lowest BCUT2D eigenvalue weighted by atomic mass is 10.2. The van der Waals surface area contributed by atoms with E-state index in [1.807, 2.05) is 4.90 Å². The third kappa shape index (κ3) is 6.50. The van der Waals surface area contributed by atoms with Crippen molar-refractivity contribution >= 4 is 45.6 Å². The molecule has 7 nitrogen and oxygen atoms in total. The van der Waals surface area contributed by atoms with E-state index in [1.165, 1.54) is 19.2 Å². The van der Waals surface area contributed by atoms with Gasteiger partial charge >= 0.3 is 0 Å². The van der Waals surface area contributed by atoms with Crippen molar-refractivity contribution in [3.8, 4) is 0 Å². The molecule has 1 unspecified atom stereocenters. The first-order chi connectivity index (χ1) is 14.3. The van der Waals surface area contributed by atoms with Gasteiger partial charge in [-0.25, -0.2) is 21.9 Å². The molecule has 1 heterocycles. The summed E-state index contributed by atoms with van der Waals surface area (Å²) in [7, 11) is -0.432.